The van der Waals surface area contributed by atoms with Gasteiger partial charge in [-0.1, -0.05) is 50.0 Å². The Morgan fingerprint density at radius 2 is 1.70 bits per heavy atom. The van der Waals surface area contributed by atoms with Gasteiger partial charge in [-0.05, 0) is 69.2 Å². The molecule has 0 spiro atoms. The van der Waals surface area contributed by atoms with Crippen LogP contribution in [0.3, 0.4) is 0 Å². The van der Waals surface area contributed by atoms with E-state index < -0.39 is 26.1 Å². The molecule has 0 saturated heterocycles. The van der Waals surface area contributed by atoms with Crippen molar-refractivity contribution in [3.8, 4) is 16.9 Å². The number of pyridine rings is 2. The first-order valence-electron chi connectivity index (χ1n) is 15.2. The summed E-state index contributed by atoms with van der Waals surface area (Å²) in [4.78, 5) is 39.0. The highest BCUT2D eigenvalue weighted by atomic mass is 35.5. The molecule has 0 saturated carbocycles. The number of fused-ring (bicyclic) bond motifs is 1. The van der Waals surface area contributed by atoms with Gasteiger partial charge < -0.3 is 24.5 Å². The maximum Gasteiger partial charge on any atom is 0.407 e. The monoisotopic (exact) mass is 700 g/mol. The van der Waals surface area contributed by atoms with E-state index in [-0.39, 0.29) is 29.7 Å². The van der Waals surface area contributed by atoms with Crippen molar-refractivity contribution in [2.75, 3.05) is 18.5 Å². The molecule has 0 radical (unpaired) electrons. The maximum absolute atomic E-state index is 13.3. The van der Waals surface area contributed by atoms with Crippen LogP contribution in [0.2, 0.25) is 28.2 Å². The predicted molar refractivity (Wildman–Crippen MR) is 190 cm³/mol. The minimum Gasteiger partial charge on any atom is -0.485 e. The molecule has 47 heavy (non-hydrogen) atoms. The lowest BCUT2D eigenvalue weighted by Crippen LogP contribution is -2.46. The number of aryl methyl sites for hydroxylation is 1. The van der Waals surface area contributed by atoms with Gasteiger partial charge in [0.15, 0.2) is 8.32 Å². The molecule has 3 aromatic heterocycles. The highest BCUT2D eigenvalue weighted by Crippen LogP contribution is 2.37. The van der Waals surface area contributed by atoms with Crippen molar-refractivity contribution in [3.63, 3.8) is 0 Å². The molecule has 4 rings (SSSR count). The van der Waals surface area contributed by atoms with E-state index in [9.17, 15) is 9.59 Å². The van der Waals surface area contributed by atoms with Gasteiger partial charge in [-0.15, -0.1) is 0 Å². The molecule has 4 aromatic rings. The summed E-state index contributed by atoms with van der Waals surface area (Å²) in [6.07, 6.45) is 2.15. The topological polar surface area (TPSA) is 129 Å². The zero-order valence-corrected chi connectivity index (χ0v) is 30.7. The number of halogens is 2. The smallest absolute Gasteiger partial charge is 0.407 e. The van der Waals surface area contributed by atoms with Gasteiger partial charge in [0.2, 0.25) is 5.95 Å². The van der Waals surface area contributed by atoms with Crippen molar-refractivity contribution in [3.05, 3.63) is 69.2 Å². The normalized spacial score (nSPS) is 12.9. The number of nitrogens with zero attached hydrogens (tertiary/aromatic N) is 4. The third kappa shape index (κ3) is 9.22. The summed E-state index contributed by atoms with van der Waals surface area (Å²) in [6, 6.07) is 10.2. The number of ether oxygens (including phenoxy) is 2. The molecule has 0 bridgehead atoms. The lowest BCUT2D eigenvalue weighted by molar-refractivity contribution is 0.0478. The molecule has 0 aliphatic heterocycles. The minimum absolute atomic E-state index is 0.00772. The average Bonchev–Trinajstić information content (AvgIpc) is 2.96. The van der Waals surface area contributed by atoms with Crippen LogP contribution in [-0.2, 0) is 16.2 Å². The summed E-state index contributed by atoms with van der Waals surface area (Å²) in [5.74, 6) is 1.19. The van der Waals surface area contributed by atoms with Crippen molar-refractivity contribution in [2.24, 2.45) is 7.05 Å². The van der Waals surface area contributed by atoms with E-state index in [0.29, 0.717) is 43.8 Å². The van der Waals surface area contributed by atoms with Crippen molar-refractivity contribution in [1.29, 1.82) is 0 Å². The van der Waals surface area contributed by atoms with Crippen LogP contribution < -0.4 is 20.9 Å². The third-order valence-electron chi connectivity index (χ3n) is 7.77. The second-order valence-electron chi connectivity index (χ2n) is 13.7. The molecule has 0 fully saturated rings. The highest BCUT2D eigenvalue weighted by Gasteiger charge is 2.38. The Labute approximate surface area is 286 Å². The number of carbonyl (C=O) groups is 1. The molecule has 0 unspecified atom stereocenters. The third-order valence-corrected chi connectivity index (χ3v) is 12.9. The van der Waals surface area contributed by atoms with Crippen LogP contribution in [0.4, 0.5) is 16.6 Å². The van der Waals surface area contributed by atoms with Gasteiger partial charge in [-0.3, -0.25) is 9.36 Å². The maximum atomic E-state index is 13.3. The number of rotatable bonds is 10. The van der Waals surface area contributed by atoms with Gasteiger partial charge in [-0.2, -0.15) is 4.98 Å². The first kappa shape index (κ1) is 36.1. The summed E-state index contributed by atoms with van der Waals surface area (Å²) in [6.45, 7) is 16.7. The fraction of sp³-hybridized carbons (Fsp3) is 0.424. The summed E-state index contributed by atoms with van der Waals surface area (Å²) < 4.78 is 19.4. The Balaban J connectivity index is 1.50. The molecule has 11 nitrogen and oxygen atoms in total. The van der Waals surface area contributed by atoms with Gasteiger partial charge in [0.25, 0.3) is 5.56 Å². The van der Waals surface area contributed by atoms with Gasteiger partial charge in [0, 0.05) is 24.2 Å². The lowest BCUT2D eigenvalue weighted by atomic mass is 10.1. The van der Waals surface area contributed by atoms with Crippen molar-refractivity contribution < 1.29 is 18.7 Å². The Bertz CT molecular complexity index is 1780. The standard InChI is InChI=1S/C33H42Cl2N6O5Si/c1-32(2,3)46-31(43)38-18-22(19-44-47(8,9)33(4,5)6)45-21-13-14-26(36-17-21)39-30-37-16-20-15-23(29(42)41(7)28(20)40-30)27-24(34)11-10-12-25(27)35/h10-17,22H,18-19H2,1-9H3,(H,38,43)(H,36,37,39,40)/t22-/m0/s1. The molecular weight excluding hydrogens is 659 g/mol. The number of anilines is 2. The Kier molecular flexibility index (Phi) is 10.9. The fourth-order valence-electron chi connectivity index (χ4n) is 4.24. The molecule has 1 amide bonds. The van der Waals surface area contributed by atoms with Crippen LogP contribution in [0.1, 0.15) is 41.5 Å². The summed E-state index contributed by atoms with van der Waals surface area (Å²) in [7, 11) is -0.453. The number of nitrogens with one attached hydrogen (secondary N) is 2. The number of hydrogen-bond acceptors (Lipinski definition) is 9. The van der Waals surface area contributed by atoms with Gasteiger partial charge in [0.1, 0.15) is 28.9 Å². The van der Waals surface area contributed by atoms with E-state index in [4.69, 9.17) is 37.1 Å². The number of hydrogen-bond donors (Lipinski definition) is 2. The number of carbonyl (C=O) groups excluding carboxylic acids is 1. The molecule has 2 N–H and O–H groups in total. The fourth-order valence-corrected chi connectivity index (χ4v) is 5.87. The van der Waals surface area contributed by atoms with E-state index >= 15 is 0 Å². The highest BCUT2D eigenvalue weighted by molar-refractivity contribution is 6.74. The summed E-state index contributed by atoms with van der Waals surface area (Å²) in [5.41, 5.74) is 0.307. The van der Waals surface area contributed by atoms with Crippen LogP contribution >= 0.6 is 23.2 Å². The van der Waals surface area contributed by atoms with E-state index in [1.165, 1.54) is 4.57 Å². The van der Waals surface area contributed by atoms with Crippen LogP contribution in [-0.4, -0.2) is 58.8 Å². The Morgan fingerprint density at radius 3 is 2.30 bits per heavy atom. The zero-order chi connectivity index (χ0) is 34.7. The quantitative estimate of drug-likeness (QED) is 0.160. The molecule has 0 aliphatic rings. The van der Waals surface area contributed by atoms with Crippen molar-refractivity contribution in [1.82, 2.24) is 24.8 Å². The second kappa shape index (κ2) is 14.2. The van der Waals surface area contributed by atoms with Crippen molar-refractivity contribution in [2.45, 2.75) is 71.4 Å². The predicted octanol–water partition coefficient (Wildman–Crippen LogP) is 7.73. The Morgan fingerprint density at radius 1 is 1.02 bits per heavy atom. The molecular formula is C33H42Cl2N6O5Si. The molecule has 1 atom stereocenters. The minimum atomic E-state index is -2.08. The van der Waals surface area contributed by atoms with Gasteiger partial charge in [0.05, 0.1) is 35.0 Å². The summed E-state index contributed by atoms with van der Waals surface area (Å²) >= 11 is 12.8. The van der Waals surface area contributed by atoms with E-state index in [1.54, 1.807) is 76.6 Å². The lowest BCUT2D eigenvalue weighted by Gasteiger charge is -2.37. The van der Waals surface area contributed by atoms with Crippen LogP contribution in [0, 0.1) is 0 Å². The molecule has 3 heterocycles. The van der Waals surface area contributed by atoms with E-state index in [2.05, 4.69) is 59.5 Å². The van der Waals surface area contributed by atoms with Crippen LogP contribution in [0.15, 0.2) is 53.6 Å². The first-order chi connectivity index (χ1) is 21.8. The number of amides is 1. The molecule has 1 aromatic carbocycles. The Hall–Kier alpha value is -3.71. The SMILES string of the molecule is Cn1c(=O)c(-c2c(Cl)cccc2Cl)cc2cnc(Nc3ccc(O[C@@H](CNC(=O)OC(C)(C)C)CO[Si](C)(C)C(C)(C)C)cn3)nc21. The van der Waals surface area contributed by atoms with E-state index in [1.807, 2.05) is 0 Å². The van der Waals surface area contributed by atoms with Crippen LogP contribution in [0.5, 0.6) is 5.75 Å². The van der Waals surface area contributed by atoms with Gasteiger partial charge in [-0.25, -0.2) is 14.8 Å². The summed E-state index contributed by atoms with van der Waals surface area (Å²) in [5, 5.41) is 7.24. The number of alkyl carbamates (subject to hydrolysis) is 1. The van der Waals surface area contributed by atoms with Crippen molar-refractivity contribution >= 4 is 60.4 Å². The zero-order valence-electron chi connectivity index (χ0n) is 28.2. The second-order valence-corrected chi connectivity index (χ2v) is 19.3. The van der Waals surface area contributed by atoms with Gasteiger partial charge >= 0.3 is 6.09 Å². The molecule has 14 heteroatoms. The first-order valence-corrected chi connectivity index (χ1v) is 18.8. The number of aromatic nitrogens is 4. The largest absolute Gasteiger partial charge is 0.485 e. The van der Waals surface area contributed by atoms with E-state index in [0.717, 1.165) is 0 Å². The van der Waals surface area contributed by atoms with Crippen LogP contribution in [0.25, 0.3) is 22.2 Å². The average molecular weight is 702 g/mol. The number of benzene rings is 1. The molecule has 252 valence electrons. The molecule has 0 aliphatic carbocycles.